The van der Waals surface area contributed by atoms with E-state index >= 15 is 0 Å². The van der Waals surface area contributed by atoms with E-state index in [1.165, 1.54) is 30.5 Å². The normalized spacial score (nSPS) is 22.8. The van der Waals surface area contributed by atoms with Gasteiger partial charge < -0.3 is 20.1 Å². The van der Waals surface area contributed by atoms with Gasteiger partial charge in [0, 0.05) is 18.5 Å². The van der Waals surface area contributed by atoms with E-state index in [0.717, 1.165) is 33.5 Å². The summed E-state index contributed by atoms with van der Waals surface area (Å²) in [6.07, 6.45) is -7.47. The van der Waals surface area contributed by atoms with Crippen LogP contribution in [0.5, 0.6) is 0 Å². The van der Waals surface area contributed by atoms with Gasteiger partial charge >= 0.3 is 11.9 Å². The number of nitrogens with zero attached hydrogens (tertiary/aromatic N) is 3. The molecule has 3 N–H and O–H groups in total. The predicted octanol–water partition coefficient (Wildman–Crippen LogP) is 0.751. The standard InChI is InChI=1S/C22H20F3N3O6/c23-22(24,25)14-3-1-2-12(8-14)13-4-6-26-15(9-13)10-28-17(30)5-7-27(21(28)33)20-19(32)18(31)16(11-29)34-20/h1-9,16,18-20,29,31-32H,10-11H2/t16-,18?,19?,20-/m1/s1. The van der Waals surface area contributed by atoms with Crippen LogP contribution in [-0.2, 0) is 17.5 Å². The van der Waals surface area contributed by atoms with Crippen LogP contribution in [0.2, 0.25) is 0 Å². The van der Waals surface area contributed by atoms with Gasteiger partial charge in [-0.1, -0.05) is 12.1 Å². The molecule has 0 spiro atoms. The molecule has 3 heterocycles. The number of aliphatic hydroxyl groups is 3. The number of alkyl halides is 3. The Morgan fingerprint density at radius 3 is 2.44 bits per heavy atom. The molecule has 9 nitrogen and oxygen atoms in total. The molecule has 1 aromatic carbocycles. The van der Waals surface area contributed by atoms with E-state index < -0.39 is 54.1 Å². The molecule has 0 saturated carbocycles. The van der Waals surface area contributed by atoms with Crippen LogP contribution in [0.3, 0.4) is 0 Å². The van der Waals surface area contributed by atoms with E-state index in [4.69, 9.17) is 4.74 Å². The van der Waals surface area contributed by atoms with E-state index in [1.807, 2.05) is 0 Å². The molecule has 180 valence electrons. The molecule has 34 heavy (non-hydrogen) atoms. The van der Waals surface area contributed by atoms with Crippen molar-refractivity contribution in [3.05, 3.63) is 87.0 Å². The number of ether oxygens (including phenoxy) is 1. The summed E-state index contributed by atoms with van der Waals surface area (Å²) in [5.74, 6) is 0. The summed E-state index contributed by atoms with van der Waals surface area (Å²) in [6.45, 7) is -0.893. The summed E-state index contributed by atoms with van der Waals surface area (Å²) >= 11 is 0. The number of aromatic nitrogens is 3. The monoisotopic (exact) mass is 479 g/mol. The van der Waals surface area contributed by atoms with Crippen LogP contribution < -0.4 is 11.2 Å². The van der Waals surface area contributed by atoms with Gasteiger partial charge in [0.05, 0.1) is 24.4 Å². The Morgan fingerprint density at radius 2 is 1.76 bits per heavy atom. The van der Waals surface area contributed by atoms with Crippen molar-refractivity contribution in [1.29, 1.82) is 0 Å². The van der Waals surface area contributed by atoms with Crippen LogP contribution in [0.25, 0.3) is 11.1 Å². The van der Waals surface area contributed by atoms with Gasteiger partial charge in [0.25, 0.3) is 5.56 Å². The molecule has 0 amide bonds. The van der Waals surface area contributed by atoms with Gasteiger partial charge in [0.15, 0.2) is 6.23 Å². The van der Waals surface area contributed by atoms with Crippen molar-refractivity contribution in [2.45, 2.75) is 37.3 Å². The van der Waals surface area contributed by atoms with E-state index in [0.29, 0.717) is 5.56 Å². The van der Waals surface area contributed by atoms with E-state index in [1.54, 1.807) is 0 Å². The van der Waals surface area contributed by atoms with Crippen LogP contribution in [-0.4, -0.2) is 54.4 Å². The van der Waals surface area contributed by atoms with Gasteiger partial charge in [0.2, 0.25) is 0 Å². The van der Waals surface area contributed by atoms with Crippen LogP contribution in [0.15, 0.2) is 64.4 Å². The maximum atomic E-state index is 13.1. The van der Waals surface area contributed by atoms with Crippen molar-refractivity contribution < 1.29 is 33.2 Å². The number of halogens is 3. The number of hydrogen-bond donors (Lipinski definition) is 3. The quantitative estimate of drug-likeness (QED) is 0.493. The first kappa shape index (κ1) is 23.8. The van der Waals surface area contributed by atoms with Gasteiger partial charge in [0.1, 0.15) is 18.3 Å². The molecule has 1 fully saturated rings. The molecule has 0 aliphatic carbocycles. The molecule has 1 saturated heterocycles. The first-order valence-electron chi connectivity index (χ1n) is 10.2. The molecular formula is C22H20F3N3O6. The third-order valence-corrected chi connectivity index (χ3v) is 5.55. The summed E-state index contributed by atoms with van der Waals surface area (Å²) in [7, 11) is 0. The lowest BCUT2D eigenvalue weighted by Gasteiger charge is -2.18. The summed E-state index contributed by atoms with van der Waals surface area (Å²) in [5.41, 5.74) is -1.45. The maximum Gasteiger partial charge on any atom is 0.416 e. The highest BCUT2D eigenvalue weighted by Crippen LogP contribution is 2.32. The maximum absolute atomic E-state index is 13.1. The average molecular weight is 479 g/mol. The minimum absolute atomic E-state index is 0.230. The first-order valence-corrected chi connectivity index (χ1v) is 10.2. The number of benzene rings is 1. The fraction of sp³-hybridized carbons (Fsp3) is 0.318. The second-order valence-electron chi connectivity index (χ2n) is 7.77. The summed E-state index contributed by atoms with van der Waals surface area (Å²) in [5, 5.41) is 29.4. The van der Waals surface area contributed by atoms with Crippen molar-refractivity contribution in [3.8, 4) is 11.1 Å². The van der Waals surface area contributed by atoms with E-state index in [9.17, 15) is 38.1 Å². The lowest BCUT2D eigenvalue weighted by atomic mass is 10.0. The van der Waals surface area contributed by atoms with Crippen molar-refractivity contribution in [2.75, 3.05) is 6.61 Å². The Bertz CT molecular complexity index is 1310. The lowest BCUT2D eigenvalue weighted by Crippen LogP contribution is -2.43. The Hall–Kier alpha value is -3.32. The fourth-order valence-corrected chi connectivity index (χ4v) is 3.76. The second kappa shape index (κ2) is 9.14. The minimum atomic E-state index is -4.51. The summed E-state index contributed by atoms with van der Waals surface area (Å²) in [6, 6.07) is 8.75. The third kappa shape index (κ3) is 4.53. The topological polar surface area (TPSA) is 127 Å². The molecule has 0 bridgehead atoms. The van der Waals surface area contributed by atoms with Crippen LogP contribution in [0.4, 0.5) is 13.2 Å². The van der Waals surface area contributed by atoms with Gasteiger partial charge in [-0.2, -0.15) is 13.2 Å². The van der Waals surface area contributed by atoms with Crippen molar-refractivity contribution in [2.24, 2.45) is 0 Å². The van der Waals surface area contributed by atoms with Crippen LogP contribution >= 0.6 is 0 Å². The molecule has 1 aliphatic rings. The number of rotatable bonds is 5. The Labute approximate surface area is 189 Å². The molecule has 4 rings (SSSR count). The van der Waals surface area contributed by atoms with E-state index in [-0.39, 0.29) is 17.8 Å². The van der Waals surface area contributed by atoms with Gasteiger partial charge in [-0.15, -0.1) is 0 Å². The first-order chi connectivity index (χ1) is 16.1. The summed E-state index contributed by atoms with van der Waals surface area (Å²) in [4.78, 5) is 29.5. The molecule has 0 radical (unpaired) electrons. The lowest BCUT2D eigenvalue weighted by molar-refractivity contribution is -0.137. The van der Waals surface area contributed by atoms with Gasteiger partial charge in [-0.3, -0.25) is 18.9 Å². The second-order valence-corrected chi connectivity index (χ2v) is 7.77. The third-order valence-electron chi connectivity index (χ3n) is 5.55. The number of aliphatic hydroxyl groups excluding tert-OH is 3. The fourth-order valence-electron chi connectivity index (χ4n) is 3.76. The van der Waals surface area contributed by atoms with Crippen molar-refractivity contribution in [1.82, 2.24) is 14.1 Å². The highest BCUT2D eigenvalue weighted by molar-refractivity contribution is 5.64. The SMILES string of the molecule is O=c1ccn([C@@H]2O[C@H](CO)C(O)C2O)c(=O)n1Cc1cc(-c2cccc(C(F)(F)F)c2)ccn1. The van der Waals surface area contributed by atoms with Crippen molar-refractivity contribution in [3.63, 3.8) is 0 Å². The number of hydrogen-bond acceptors (Lipinski definition) is 7. The molecule has 1 aliphatic heterocycles. The average Bonchev–Trinajstić information content (AvgIpc) is 3.10. The van der Waals surface area contributed by atoms with Crippen LogP contribution in [0.1, 0.15) is 17.5 Å². The molecule has 2 unspecified atom stereocenters. The van der Waals surface area contributed by atoms with E-state index in [2.05, 4.69) is 4.98 Å². The molecular weight excluding hydrogens is 459 g/mol. The number of pyridine rings is 1. The molecule has 3 aromatic rings. The highest BCUT2D eigenvalue weighted by Gasteiger charge is 2.43. The predicted molar refractivity (Wildman–Crippen MR) is 112 cm³/mol. The van der Waals surface area contributed by atoms with Gasteiger partial charge in [-0.05, 0) is 35.4 Å². The zero-order chi connectivity index (χ0) is 24.6. The largest absolute Gasteiger partial charge is 0.416 e. The Kier molecular flexibility index (Phi) is 6.41. The Balaban J connectivity index is 1.67. The Morgan fingerprint density at radius 1 is 1.03 bits per heavy atom. The van der Waals surface area contributed by atoms with Crippen LogP contribution in [0, 0.1) is 0 Å². The van der Waals surface area contributed by atoms with Crippen molar-refractivity contribution >= 4 is 0 Å². The molecule has 4 atom stereocenters. The highest BCUT2D eigenvalue weighted by atomic mass is 19.4. The minimum Gasteiger partial charge on any atom is -0.394 e. The smallest absolute Gasteiger partial charge is 0.394 e. The van der Waals surface area contributed by atoms with Gasteiger partial charge in [-0.25, -0.2) is 4.79 Å². The zero-order valence-corrected chi connectivity index (χ0v) is 17.5. The zero-order valence-electron chi connectivity index (χ0n) is 17.5. The molecule has 2 aromatic heterocycles. The summed E-state index contributed by atoms with van der Waals surface area (Å²) < 4.78 is 46.3. The molecule has 12 heteroatoms.